The zero-order valence-corrected chi connectivity index (χ0v) is 9.65. The van der Waals surface area contributed by atoms with E-state index in [9.17, 15) is 4.39 Å². The minimum absolute atomic E-state index is 0.188. The van der Waals surface area contributed by atoms with Crippen molar-refractivity contribution in [3.05, 3.63) is 33.5 Å². The van der Waals surface area contributed by atoms with Crippen LogP contribution in [0.1, 0.15) is 11.1 Å². The first-order chi connectivity index (χ1) is 6.00. The summed E-state index contributed by atoms with van der Waals surface area (Å²) in [7, 11) is 3.99. The number of aryl methyl sites for hydroxylation is 1. The topological polar surface area (TPSA) is 3.24 Å². The second-order valence-corrected chi connectivity index (χ2v) is 4.28. The van der Waals surface area contributed by atoms with Crippen molar-refractivity contribution >= 4 is 15.9 Å². The summed E-state index contributed by atoms with van der Waals surface area (Å²) in [6.07, 6.45) is 0. The van der Waals surface area contributed by atoms with Gasteiger partial charge in [0, 0.05) is 11.0 Å². The number of rotatable bonds is 2. The van der Waals surface area contributed by atoms with Crippen LogP contribution in [0.3, 0.4) is 0 Å². The molecule has 0 bridgehead atoms. The average molecular weight is 246 g/mol. The maximum absolute atomic E-state index is 12.9. The van der Waals surface area contributed by atoms with Crippen molar-refractivity contribution in [3.8, 4) is 0 Å². The van der Waals surface area contributed by atoms with Gasteiger partial charge in [-0.25, -0.2) is 4.39 Å². The molecule has 0 aliphatic rings. The zero-order chi connectivity index (χ0) is 10.0. The monoisotopic (exact) mass is 245 g/mol. The lowest BCUT2D eigenvalue weighted by atomic mass is 10.1. The molecule has 0 aromatic heterocycles. The SMILES string of the molecule is Cc1cc(F)cc(Br)c1CN(C)C. The van der Waals surface area contributed by atoms with Crippen LogP contribution >= 0.6 is 15.9 Å². The van der Waals surface area contributed by atoms with E-state index in [-0.39, 0.29) is 5.82 Å². The fraction of sp³-hybridized carbons (Fsp3) is 0.400. The molecule has 0 amide bonds. The van der Waals surface area contributed by atoms with Gasteiger partial charge in [-0.2, -0.15) is 0 Å². The number of nitrogens with zero attached hydrogens (tertiary/aromatic N) is 1. The fourth-order valence-corrected chi connectivity index (χ4v) is 1.91. The van der Waals surface area contributed by atoms with Gasteiger partial charge in [0.25, 0.3) is 0 Å². The van der Waals surface area contributed by atoms with Gasteiger partial charge >= 0.3 is 0 Å². The molecule has 0 heterocycles. The van der Waals surface area contributed by atoms with E-state index < -0.39 is 0 Å². The molecule has 0 aliphatic heterocycles. The van der Waals surface area contributed by atoms with Crippen molar-refractivity contribution < 1.29 is 4.39 Å². The molecule has 0 fully saturated rings. The van der Waals surface area contributed by atoms with Gasteiger partial charge in [-0.05, 0) is 44.3 Å². The van der Waals surface area contributed by atoms with Gasteiger partial charge in [0.15, 0.2) is 0 Å². The third-order valence-corrected chi connectivity index (χ3v) is 2.57. The third-order valence-electron chi connectivity index (χ3n) is 1.86. The number of benzene rings is 1. The Morgan fingerprint density at radius 3 is 2.46 bits per heavy atom. The third kappa shape index (κ3) is 2.78. The molecule has 0 aliphatic carbocycles. The van der Waals surface area contributed by atoms with Gasteiger partial charge in [-0.3, -0.25) is 0 Å². The van der Waals surface area contributed by atoms with Crippen LogP contribution in [0, 0.1) is 12.7 Å². The molecule has 1 nitrogen and oxygen atoms in total. The van der Waals surface area contributed by atoms with E-state index in [1.807, 2.05) is 21.0 Å². The largest absolute Gasteiger partial charge is 0.305 e. The summed E-state index contributed by atoms with van der Waals surface area (Å²) >= 11 is 3.36. The minimum atomic E-state index is -0.188. The van der Waals surface area contributed by atoms with Gasteiger partial charge in [0.2, 0.25) is 0 Å². The second-order valence-electron chi connectivity index (χ2n) is 3.42. The van der Waals surface area contributed by atoms with E-state index in [4.69, 9.17) is 0 Å². The Morgan fingerprint density at radius 1 is 1.38 bits per heavy atom. The Hall–Kier alpha value is -0.410. The van der Waals surface area contributed by atoms with E-state index in [0.29, 0.717) is 0 Å². The normalized spacial score (nSPS) is 10.9. The van der Waals surface area contributed by atoms with Crippen molar-refractivity contribution in [1.82, 2.24) is 4.90 Å². The molecule has 0 unspecified atom stereocenters. The van der Waals surface area contributed by atoms with Crippen molar-refractivity contribution in [2.75, 3.05) is 14.1 Å². The molecule has 1 rings (SSSR count). The Kier molecular flexibility index (Phi) is 3.45. The summed E-state index contributed by atoms with van der Waals surface area (Å²) in [6, 6.07) is 3.06. The highest BCUT2D eigenvalue weighted by molar-refractivity contribution is 9.10. The van der Waals surface area contributed by atoms with Gasteiger partial charge in [-0.15, -0.1) is 0 Å². The van der Waals surface area contributed by atoms with Crippen molar-refractivity contribution in [1.29, 1.82) is 0 Å². The number of halogens is 2. The predicted molar refractivity (Wildman–Crippen MR) is 56.2 cm³/mol. The molecule has 0 saturated carbocycles. The van der Waals surface area contributed by atoms with Crippen LogP contribution in [-0.4, -0.2) is 19.0 Å². The van der Waals surface area contributed by atoms with Crippen molar-refractivity contribution in [3.63, 3.8) is 0 Å². The van der Waals surface area contributed by atoms with E-state index in [1.165, 1.54) is 6.07 Å². The lowest BCUT2D eigenvalue weighted by Gasteiger charge is -2.13. The second kappa shape index (κ2) is 4.20. The fourth-order valence-electron chi connectivity index (χ4n) is 1.25. The maximum atomic E-state index is 12.9. The van der Waals surface area contributed by atoms with E-state index in [0.717, 1.165) is 22.1 Å². The van der Waals surface area contributed by atoms with E-state index in [2.05, 4.69) is 20.8 Å². The Morgan fingerprint density at radius 2 is 2.00 bits per heavy atom. The van der Waals surface area contributed by atoms with Crippen LogP contribution in [0.4, 0.5) is 4.39 Å². The molecule has 0 N–H and O–H groups in total. The molecule has 0 radical (unpaired) electrons. The van der Waals surface area contributed by atoms with Crippen molar-refractivity contribution in [2.24, 2.45) is 0 Å². The number of hydrogen-bond donors (Lipinski definition) is 0. The summed E-state index contributed by atoms with van der Waals surface area (Å²) in [4.78, 5) is 2.06. The maximum Gasteiger partial charge on any atom is 0.124 e. The van der Waals surface area contributed by atoms with Gasteiger partial charge in [0.1, 0.15) is 5.82 Å². The quantitative estimate of drug-likeness (QED) is 0.775. The summed E-state index contributed by atoms with van der Waals surface area (Å²) < 4.78 is 13.7. The average Bonchev–Trinajstić information content (AvgIpc) is 1.96. The Labute approximate surface area is 86.7 Å². The molecule has 1 aromatic carbocycles. The standard InChI is InChI=1S/C10H13BrFN/c1-7-4-8(12)5-10(11)9(7)6-13(2)3/h4-5H,6H2,1-3H3. The molecule has 13 heavy (non-hydrogen) atoms. The summed E-state index contributed by atoms with van der Waals surface area (Å²) in [5.41, 5.74) is 2.13. The highest BCUT2D eigenvalue weighted by Crippen LogP contribution is 2.22. The minimum Gasteiger partial charge on any atom is -0.305 e. The lowest BCUT2D eigenvalue weighted by Crippen LogP contribution is -2.12. The van der Waals surface area contributed by atoms with Gasteiger partial charge in [-0.1, -0.05) is 15.9 Å². The zero-order valence-electron chi connectivity index (χ0n) is 8.06. The molecule has 0 saturated heterocycles. The highest BCUT2D eigenvalue weighted by atomic mass is 79.9. The lowest BCUT2D eigenvalue weighted by molar-refractivity contribution is 0.400. The Balaban J connectivity index is 3.06. The molecule has 3 heteroatoms. The molecule has 0 atom stereocenters. The summed E-state index contributed by atoms with van der Waals surface area (Å²) in [5, 5.41) is 0. The van der Waals surface area contributed by atoms with Crippen LogP contribution in [-0.2, 0) is 6.54 Å². The van der Waals surface area contributed by atoms with Crippen LogP contribution in [0.15, 0.2) is 16.6 Å². The first-order valence-electron chi connectivity index (χ1n) is 4.10. The van der Waals surface area contributed by atoms with Crippen LogP contribution in [0.25, 0.3) is 0 Å². The molecular weight excluding hydrogens is 233 g/mol. The van der Waals surface area contributed by atoms with E-state index in [1.54, 1.807) is 6.07 Å². The van der Waals surface area contributed by atoms with Gasteiger partial charge in [0.05, 0.1) is 0 Å². The molecule has 0 spiro atoms. The first kappa shape index (κ1) is 10.7. The molecule has 72 valence electrons. The number of hydrogen-bond acceptors (Lipinski definition) is 1. The Bertz CT molecular complexity index is 287. The van der Waals surface area contributed by atoms with Gasteiger partial charge < -0.3 is 4.90 Å². The molecular formula is C10H13BrFN. The van der Waals surface area contributed by atoms with Crippen LogP contribution in [0.5, 0.6) is 0 Å². The predicted octanol–water partition coefficient (Wildman–Crippen LogP) is 2.96. The van der Waals surface area contributed by atoms with Crippen LogP contribution in [0.2, 0.25) is 0 Å². The summed E-state index contributed by atoms with van der Waals surface area (Å²) in [6.45, 7) is 2.75. The molecule has 1 aromatic rings. The first-order valence-corrected chi connectivity index (χ1v) is 4.89. The smallest absolute Gasteiger partial charge is 0.124 e. The van der Waals surface area contributed by atoms with Crippen molar-refractivity contribution in [2.45, 2.75) is 13.5 Å². The highest BCUT2D eigenvalue weighted by Gasteiger charge is 2.06. The van der Waals surface area contributed by atoms with E-state index >= 15 is 0 Å². The van der Waals surface area contributed by atoms with Crippen LogP contribution < -0.4 is 0 Å². The summed E-state index contributed by atoms with van der Waals surface area (Å²) in [5.74, 6) is -0.188.